The molecule has 0 spiro atoms. The van der Waals surface area contributed by atoms with Gasteiger partial charge in [0.1, 0.15) is 16.8 Å². The fourth-order valence-corrected chi connectivity index (χ4v) is 1.65. The molecule has 0 bridgehead atoms. The van der Waals surface area contributed by atoms with E-state index in [1.165, 1.54) is 24.4 Å². The monoisotopic (exact) mass is 279 g/mol. The summed E-state index contributed by atoms with van der Waals surface area (Å²) in [5, 5.41) is 0.245. The van der Waals surface area contributed by atoms with Crippen LogP contribution in [0.1, 0.15) is 15.9 Å². The zero-order chi connectivity index (χ0) is 14.0. The van der Waals surface area contributed by atoms with Crippen LogP contribution in [-0.2, 0) is 0 Å². The molecule has 1 heterocycles. The maximum atomic E-state index is 13.6. The van der Waals surface area contributed by atoms with Crippen molar-refractivity contribution in [1.29, 1.82) is 0 Å². The Kier molecular flexibility index (Phi) is 3.71. The summed E-state index contributed by atoms with van der Waals surface area (Å²) in [6.07, 6.45) is 1.28. The van der Waals surface area contributed by atoms with Gasteiger partial charge in [0.15, 0.2) is 5.78 Å². The molecule has 0 aliphatic carbocycles. The minimum Gasteiger partial charge on any atom is -0.289 e. The van der Waals surface area contributed by atoms with Crippen LogP contribution in [0.2, 0.25) is 5.15 Å². The first-order valence-electron chi connectivity index (χ1n) is 5.29. The van der Waals surface area contributed by atoms with Crippen LogP contribution in [0.5, 0.6) is 0 Å². The Morgan fingerprint density at radius 3 is 2.53 bits per heavy atom. The summed E-state index contributed by atoms with van der Waals surface area (Å²) >= 11 is 5.61. The van der Waals surface area contributed by atoms with E-state index in [1.807, 2.05) is 0 Å². The van der Waals surface area contributed by atoms with Gasteiger partial charge in [0.25, 0.3) is 0 Å². The van der Waals surface area contributed by atoms with Gasteiger partial charge in [-0.3, -0.25) is 4.79 Å². The quantitative estimate of drug-likeness (QED) is 0.484. The van der Waals surface area contributed by atoms with Crippen molar-refractivity contribution in [2.45, 2.75) is 0 Å². The number of carbonyl (C=O) groups is 1. The molecule has 0 atom stereocenters. The summed E-state index contributed by atoms with van der Waals surface area (Å²) in [6, 6.07) is 5.85. The molecule has 0 amide bonds. The van der Waals surface area contributed by atoms with Crippen LogP contribution in [0, 0.1) is 11.6 Å². The van der Waals surface area contributed by atoms with Crippen molar-refractivity contribution in [3.8, 4) is 0 Å². The van der Waals surface area contributed by atoms with Crippen LogP contribution >= 0.6 is 11.6 Å². The molecule has 19 heavy (non-hydrogen) atoms. The van der Waals surface area contributed by atoms with Gasteiger partial charge in [0, 0.05) is 29.0 Å². The van der Waals surface area contributed by atoms with Crippen molar-refractivity contribution in [2.24, 2.45) is 0 Å². The zero-order valence-corrected chi connectivity index (χ0v) is 10.4. The molecule has 0 aliphatic rings. The van der Waals surface area contributed by atoms with Gasteiger partial charge in [-0.1, -0.05) is 18.2 Å². The number of aromatic nitrogens is 1. The molecule has 0 N–H and O–H groups in total. The van der Waals surface area contributed by atoms with E-state index in [4.69, 9.17) is 11.6 Å². The van der Waals surface area contributed by atoms with Crippen molar-refractivity contribution in [3.63, 3.8) is 0 Å². The molecule has 0 saturated carbocycles. The highest BCUT2D eigenvalue weighted by molar-refractivity contribution is 6.30. The molecule has 0 saturated heterocycles. The molecule has 1 aromatic heterocycles. The van der Waals surface area contributed by atoms with E-state index in [9.17, 15) is 13.6 Å². The topological polar surface area (TPSA) is 30.0 Å². The number of Topliss-reactive ketones (excluding diaryl/α,β-unsaturated/α-hetero) is 1. The predicted octanol–water partition coefficient (Wildman–Crippen LogP) is 3.91. The van der Waals surface area contributed by atoms with E-state index in [2.05, 4.69) is 11.6 Å². The zero-order valence-electron chi connectivity index (χ0n) is 9.66. The first-order chi connectivity index (χ1) is 8.99. The molecular formula is C14H8ClF2NO. The lowest BCUT2D eigenvalue weighted by atomic mass is 9.99. The van der Waals surface area contributed by atoms with Gasteiger partial charge in [-0.05, 0) is 24.3 Å². The molecule has 0 unspecified atom stereocenters. The second-order valence-corrected chi connectivity index (χ2v) is 4.19. The molecule has 0 aliphatic heterocycles. The van der Waals surface area contributed by atoms with Crippen molar-refractivity contribution in [3.05, 3.63) is 71.0 Å². The number of nitrogens with zero attached hydrogens (tertiary/aromatic N) is 1. The molecule has 0 radical (unpaired) electrons. The van der Waals surface area contributed by atoms with E-state index in [0.717, 1.165) is 6.07 Å². The van der Waals surface area contributed by atoms with E-state index < -0.39 is 17.4 Å². The molecule has 1 aromatic carbocycles. The first kappa shape index (κ1) is 13.4. The van der Waals surface area contributed by atoms with Gasteiger partial charge >= 0.3 is 0 Å². The summed E-state index contributed by atoms with van der Waals surface area (Å²) in [5.74, 6) is -2.04. The van der Waals surface area contributed by atoms with Crippen molar-refractivity contribution >= 4 is 23.0 Å². The minimum absolute atomic E-state index is 0.0404. The fraction of sp³-hybridized carbons (Fsp3) is 0. The van der Waals surface area contributed by atoms with E-state index in [-0.39, 0.29) is 21.9 Å². The third-order valence-corrected chi connectivity index (χ3v) is 2.74. The molecule has 2 aromatic rings. The molecular weight excluding hydrogens is 272 g/mol. The highest BCUT2D eigenvalue weighted by Crippen LogP contribution is 2.21. The minimum atomic E-state index is -0.833. The summed E-state index contributed by atoms with van der Waals surface area (Å²) in [7, 11) is 0. The van der Waals surface area contributed by atoms with Gasteiger partial charge in [-0.15, -0.1) is 0 Å². The largest absolute Gasteiger partial charge is 0.289 e. The Morgan fingerprint density at radius 1 is 1.21 bits per heavy atom. The Hall–Kier alpha value is -2.07. The number of carbonyl (C=O) groups excluding carboxylic acids is 1. The standard InChI is InChI=1S/C14H8ClF2NO/c1-8(11-4-3-10(16)6-12(11)17)14(19)9-2-5-13(15)18-7-9/h2-7H,1H2. The lowest BCUT2D eigenvalue weighted by Gasteiger charge is -2.06. The molecule has 96 valence electrons. The number of rotatable bonds is 3. The second kappa shape index (κ2) is 5.28. The maximum absolute atomic E-state index is 13.6. The third kappa shape index (κ3) is 2.85. The van der Waals surface area contributed by atoms with E-state index >= 15 is 0 Å². The smallest absolute Gasteiger partial charge is 0.194 e. The third-order valence-electron chi connectivity index (χ3n) is 2.52. The summed E-state index contributed by atoms with van der Waals surface area (Å²) in [4.78, 5) is 15.8. The Labute approximate surface area is 113 Å². The highest BCUT2D eigenvalue weighted by Gasteiger charge is 2.16. The van der Waals surface area contributed by atoms with Crippen LogP contribution in [-0.4, -0.2) is 10.8 Å². The number of pyridine rings is 1. The maximum Gasteiger partial charge on any atom is 0.194 e. The van der Waals surface area contributed by atoms with Gasteiger partial charge in [-0.25, -0.2) is 13.8 Å². The van der Waals surface area contributed by atoms with Crippen molar-refractivity contribution in [2.75, 3.05) is 0 Å². The Bertz CT molecular complexity index is 653. The number of ketones is 1. The average molecular weight is 280 g/mol. The van der Waals surface area contributed by atoms with Crippen LogP contribution in [0.15, 0.2) is 43.1 Å². The van der Waals surface area contributed by atoms with Crippen molar-refractivity contribution < 1.29 is 13.6 Å². The molecule has 2 rings (SSSR count). The molecule has 5 heteroatoms. The Morgan fingerprint density at radius 2 is 1.95 bits per heavy atom. The average Bonchev–Trinajstić information content (AvgIpc) is 2.38. The van der Waals surface area contributed by atoms with Gasteiger partial charge in [-0.2, -0.15) is 0 Å². The van der Waals surface area contributed by atoms with Crippen LogP contribution in [0.25, 0.3) is 5.57 Å². The normalized spacial score (nSPS) is 10.3. The number of hydrogen-bond acceptors (Lipinski definition) is 2. The number of benzene rings is 1. The SMILES string of the molecule is C=C(C(=O)c1ccc(Cl)nc1)c1ccc(F)cc1F. The van der Waals surface area contributed by atoms with Crippen LogP contribution in [0.3, 0.4) is 0 Å². The van der Waals surface area contributed by atoms with Crippen LogP contribution in [0.4, 0.5) is 8.78 Å². The van der Waals surface area contributed by atoms with Gasteiger partial charge in [0.2, 0.25) is 0 Å². The fourth-order valence-electron chi connectivity index (χ4n) is 1.54. The number of allylic oxidation sites excluding steroid dienone is 1. The molecule has 0 fully saturated rings. The first-order valence-corrected chi connectivity index (χ1v) is 5.67. The summed E-state index contributed by atoms with van der Waals surface area (Å²) in [6.45, 7) is 3.54. The Balaban J connectivity index is 2.33. The summed E-state index contributed by atoms with van der Waals surface area (Å²) in [5.41, 5.74) is 0.126. The molecule has 2 nitrogen and oxygen atoms in total. The second-order valence-electron chi connectivity index (χ2n) is 3.80. The summed E-state index contributed by atoms with van der Waals surface area (Å²) < 4.78 is 26.4. The van der Waals surface area contributed by atoms with Crippen molar-refractivity contribution in [1.82, 2.24) is 4.98 Å². The predicted molar refractivity (Wildman–Crippen MR) is 69.0 cm³/mol. The van der Waals surface area contributed by atoms with Crippen LogP contribution < -0.4 is 0 Å². The number of hydrogen-bond donors (Lipinski definition) is 0. The lowest BCUT2D eigenvalue weighted by Crippen LogP contribution is -2.04. The van der Waals surface area contributed by atoms with E-state index in [1.54, 1.807) is 0 Å². The van der Waals surface area contributed by atoms with Gasteiger partial charge < -0.3 is 0 Å². The lowest BCUT2D eigenvalue weighted by molar-refractivity contribution is 0.105. The highest BCUT2D eigenvalue weighted by atomic mass is 35.5. The van der Waals surface area contributed by atoms with E-state index in [0.29, 0.717) is 6.07 Å². The number of halogens is 3. The van der Waals surface area contributed by atoms with Gasteiger partial charge in [0.05, 0.1) is 0 Å².